The fraction of sp³-hybridized carbons (Fsp3) is 0.214. The number of hydrogen-bond donors (Lipinski definition) is 1. The van der Waals surface area contributed by atoms with Crippen molar-refractivity contribution in [3.8, 4) is 6.07 Å². The van der Waals surface area contributed by atoms with Crippen LogP contribution < -0.4 is 5.32 Å². The largest absolute Gasteiger partial charge is 0.388 e. The van der Waals surface area contributed by atoms with Gasteiger partial charge < -0.3 is 5.32 Å². The Morgan fingerprint density at radius 2 is 1.75 bits per heavy atom. The van der Waals surface area contributed by atoms with Gasteiger partial charge in [0, 0.05) is 23.9 Å². The summed E-state index contributed by atoms with van der Waals surface area (Å²) in [6, 6.07) is 5.76. The number of nitrogens with zero attached hydrogens (tertiary/aromatic N) is 1. The Bertz CT molecular complexity index is 411. The molecule has 1 N–H and O–H groups in total. The van der Waals surface area contributed by atoms with E-state index in [-0.39, 0.29) is 0 Å². The van der Waals surface area contributed by atoms with E-state index in [0.29, 0.717) is 5.56 Å². The van der Waals surface area contributed by atoms with Crippen LogP contribution in [-0.4, -0.2) is 7.05 Å². The normalized spacial score (nSPS) is 8.12. The molecule has 1 aromatic carbocycles. The summed E-state index contributed by atoms with van der Waals surface area (Å²) in [5.74, 6) is 0. The summed E-state index contributed by atoms with van der Waals surface area (Å²) < 4.78 is 0. The molecule has 1 aromatic rings. The number of rotatable bonds is 3. The second kappa shape index (κ2) is 7.30. The van der Waals surface area contributed by atoms with Crippen molar-refractivity contribution < 1.29 is 0 Å². The second-order valence-corrected chi connectivity index (χ2v) is 2.76. The molecule has 2 heteroatoms. The highest BCUT2D eigenvalue weighted by atomic mass is 14.8. The lowest BCUT2D eigenvalue weighted by atomic mass is 10.00. The van der Waals surface area contributed by atoms with E-state index in [2.05, 4.69) is 24.5 Å². The topological polar surface area (TPSA) is 35.8 Å². The summed E-state index contributed by atoms with van der Waals surface area (Å²) in [4.78, 5) is 0. The Labute approximate surface area is 97.9 Å². The first kappa shape index (κ1) is 14.0. The van der Waals surface area contributed by atoms with Crippen molar-refractivity contribution in [2.45, 2.75) is 13.8 Å². The zero-order chi connectivity index (χ0) is 12.6. The molecule has 0 bridgehead atoms. The van der Waals surface area contributed by atoms with Gasteiger partial charge in [-0.2, -0.15) is 5.26 Å². The van der Waals surface area contributed by atoms with Crippen LogP contribution in [0.5, 0.6) is 0 Å². The monoisotopic (exact) mass is 214 g/mol. The molecule has 0 spiro atoms. The van der Waals surface area contributed by atoms with E-state index < -0.39 is 0 Å². The fourth-order valence-corrected chi connectivity index (χ4v) is 1.39. The highest BCUT2D eigenvalue weighted by Gasteiger charge is 2.06. The van der Waals surface area contributed by atoms with E-state index in [0.717, 1.165) is 16.8 Å². The smallest absolute Gasteiger partial charge is 0.0998 e. The molecule has 2 nitrogen and oxygen atoms in total. The first-order valence-electron chi connectivity index (χ1n) is 5.28. The Morgan fingerprint density at radius 1 is 1.19 bits per heavy atom. The molecule has 0 saturated carbocycles. The Kier molecular flexibility index (Phi) is 6.39. The maximum absolute atomic E-state index is 8.88. The number of benzene rings is 1. The summed E-state index contributed by atoms with van der Waals surface area (Å²) in [5.41, 5.74) is 3.32. The SMILES string of the molecule is C=Cc1c(C#N)ccc(NC)c1C=C.CC. The van der Waals surface area contributed by atoms with Gasteiger partial charge in [0.1, 0.15) is 0 Å². The summed E-state index contributed by atoms with van der Waals surface area (Å²) in [6.07, 6.45) is 3.40. The van der Waals surface area contributed by atoms with Crippen molar-refractivity contribution in [3.63, 3.8) is 0 Å². The van der Waals surface area contributed by atoms with Crippen LogP contribution in [-0.2, 0) is 0 Å². The molecular weight excluding hydrogens is 196 g/mol. The second-order valence-electron chi connectivity index (χ2n) is 2.76. The minimum atomic E-state index is 0.619. The molecule has 16 heavy (non-hydrogen) atoms. The van der Waals surface area contributed by atoms with Crippen LogP contribution in [0.2, 0.25) is 0 Å². The van der Waals surface area contributed by atoms with E-state index in [4.69, 9.17) is 5.26 Å². The van der Waals surface area contributed by atoms with Crippen molar-refractivity contribution >= 4 is 17.8 Å². The maximum Gasteiger partial charge on any atom is 0.0998 e. The standard InChI is InChI=1S/C12H12N2.C2H6/c1-4-10-9(8-13)6-7-12(14-3)11(10)5-2;1-2/h4-7,14H,1-2H2,3H3;1-2H3. The van der Waals surface area contributed by atoms with Gasteiger partial charge in [0.05, 0.1) is 11.6 Å². The van der Waals surface area contributed by atoms with E-state index in [1.54, 1.807) is 18.2 Å². The molecule has 0 radical (unpaired) electrons. The average molecular weight is 214 g/mol. The quantitative estimate of drug-likeness (QED) is 0.828. The van der Waals surface area contributed by atoms with Crippen molar-refractivity contribution in [2.24, 2.45) is 0 Å². The molecule has 0 saturated heterocycles. The lowest BCUT2D eigenvalue weighted by Crippen LogP contribution is -1.95. The molecule has 0 aliphatic rings. The number of hydrogen-bond acceptors (Lipinski definition) is 2. The number of nitriles is 1. The van der Waals surface area contributed by atoms with Gasteiger partial charge in [-0.1, -0.05) is 39.2 Å². The van der Waals surface area contributed by atoms with E-state index in [1.165, 1.54) is 0 Å². The molecule has 84 valence electrons. The van der Waals surface area contributed by atoms with Crippen LogP contribution in [0.15, 0.2) is 25.3 Å². The molecule has 0 unspecified atom stereocenters. The Hall–Kier alpha value is -2.01. The molecule has 0 aromatic heterocycles. The Morgan fingerprint density at radius 3 is 2.12 bits per heavy atom. The van der Waals surface area contributed by atoms with Crippen LogP contribution >= 0.6 is 0 Å². The summed E-state index contributed by atoms with van der Waals surface area (Å²) in [6.45, 7) is 11.4. The van der Waals surface area contributed by atoms with E-state index in [9.17, 15) is 0 Å². The lowest BCUT2D eigenvalue weighted by Gasteiger charge is -2.09. The van der Waals surface area contributed by atoms with Crippen molar-refractivity contribution in [1.29, 1.82) is 5.26 Å². The molecule has 0 aliphatic heterocycles. The van der Waals surface area contributed by atoms with Gasteiger partial charge in [-0.25, -0.2) is 0 Å². The third-order valence-corrected chi connectivity index (χ3v) is 2.09. The maximum atomic E-state index is 8.88. The zero-order valence-electron chi connectivity index (χ0n) is 10.2. The van der Waals surface area contributed by atoms with Crippen molar-refractivity contribution in [1.82, 2.24) is 0 Å². The predicted octanol–water partition coefficient (Wildman–Crippen LogP) is 3.91. The van der Waals surface area contributed by atoms with E-state index >= 15 is 0 Å². The first-order chi connectivity index (χ1) is 7.78. The molecule has 0 heterocycles. The number of anilines is 1. The summed E-state index contributed by atoms with van der Waals surface area (Å²) in [7, 11) is 1.83. The van der Waals surface area contributed by atoms with Crippen LogP contribution in [0, 0.1) is 11.3 Å². The van der Waals surface area contributed by atoms with Gasteiger partial charge in [-0.15, -0.1) is 0 Å². The van der Waals surface area contributed by atoms with Crippen molar-refractivity contribution in [2.75, 3.05) is 12.4 Å². The van der Waals surface area contributed by atoms with Gasteiger partial charge in [0.2, 0.25) is 0 Å². The zero-order valence-corrected chi connectivity index (χ0v) is 10.2. The first-order valence-corrected chi connectivity index (χ1v) is 5.28. The van der Waals surface area contributed by atoms with Gasteiger partial charge >= 0.3 is 0 Å². The fourth-order valence-electron chi connectivity index (χ4n) is 1.39. The van der Waals surface area contributed by atoms with E-state index in [1.807, 2.05) is 27.0 Å². The highest BCUT2D eigenvalue weighted by molar-refractivity contribution is 5.78. The minimum absolute atomic E-state index is 0.619. The molecular formula is C14H18N2. The molecule has 0 aliphatic carbocycles. The minimum Gasteiger partial charge on any atom is -0.388 e. The van der Waals surface area contributed by atoms with Gasteiger partial charge in [0.25, 0.3) is 0 Å². The lowest BCUT2D eigenvalue weighted by molar-refractivity contribution is 1.43. The van der Waals surface area contributed by atoms with Gasteiger partial charge in [-0.05, 0) is 12.1 Å². The molecule has 0 fully saturated rings. The van der Waals surface area contributed by atoms with Crippen LogP contribution in [0.25, 0.3) is 12.2 Å². The van der Waals surface area contributed by atoms with Crippen molar-refractivity contribution in [3.05, 3.63) is 42.0 Å². The summed E-state index contributed by atoms with van der Waals surface area (Å²) >= 11 is 0. The van der Waals surface area contributed by atoms with Gasteiger partial charge in [0.15, 0.2) is 0 Å². The third kappa shape index (κ3) is 2.74. The van der Waals surface area contributed by atoms with Crippen LogP contribution in [0.1, 0.15) is 30.5 Å². The molecule has 0 amide bonds. The average Bonchev–Trinajstić information content (AvgIpc) is 2.38. The van der Waals surface area contributed by atoms with Gasteiger partial charge in [-0.3, -0.25) is 0 Å². The highest BCUT2D eigenvalue weighted by Crippen LogP contribution is 2.25. The predicted molar refractivity (Wildman–Crippen MR) is 72.2 cm³/mol. The van der Waals surface area contributed by atoms with Crippen LogP contribution in [0.4, 0.5) is 5.69 Å². The number of nitrogens with one attached hydrogen (secondary N) is 1. The molecule has 0 atom stereocenters. The Balaban J connectivity index is 0.00000106. The van der Waals surface area contributed by atoms with Crippen LogP contribution in [0.3, 0.4) is 0 Å². The molecule has 1 rings (SSSR count). The summed E-state index contributed by atoms with van der Waals surface area (Å²) in [5, 5.41) is 11.9. The third-order valence-electron chi connectivity index (χ3n) is 2.09.